The van der Waals surface area contributed by atoms with Crippen molar-refractivity contribution in [3.63, 3.8) is 0 Å². The Morgan fingerprint density at radius 1 is 1.30 bits per heavy atom. The number of rotatable bonds is 3. The maximum Gasteiger partial charge on any atom is 0.273 e. The van der Waals surface area contributed by atoms with Crippen molar-refractivity contribution in [3.05, 3.63) is 47.0 Å². The fraction of sp³-hybridized carbons (Fsp3) is 0.429. The molecule has 8 nitrogen and oxygen atoms in total. The van der Waals surface area contributed by atoms with E-state index in [0.29, 0.717) is 11.4 Å². The second-order valence-corrected chi connectivity index (χ2v) is 8.78. The maximum atomic E-state index is 14.7. The SMILES string of the molecule is Cc1cc(C(=O)Nc2ccc(F)c(C3(C)CC(=O)N(C)C(N)=N3)c2)n(C(C)(C)C)n1. The van der Waals surface area contributed by atoms with E-state index in [1.165, 1.54) is 30.1 Å². The van der Waals surface area contributed by atoms with Gasteiger partial charge in [0.25, 0.3) is 5.91 Å². The molecule has 30 heavy (non-hydrogen) atoms. The number of amides is 2. The zero-order valence-corrected chi connectivity index (χ0v) is 18.1. The first kappa shape index (κ1) is 21.5. The normalized spacial score (nSPS) is 19.6. The van der Waals surface area contributed by atoms with Crippen LogP contribution in [0.25, 0.3) is 0 Å². The van der Waals surface area contributed by atoms with Crippen LogP contribution in [0.2, 0.25) is 0 Å². The van der Waals surface area contributed by atoms with Crippen LogP contribution in [0.4, 0.5) is 10.1 Å². The number of anilines is 1. The van der Waals surface area contributed by atoms with Crippen LogP contribution in [0, 0.1) is 12.7 Å². The molecule has 2 heterocycles. The van der Waals surface area contributed by atoms with Gasteiger partial charge in [-0.2, -0.15) is 5.10 Å². The number of hydrogen-bond donors (Lipinski definition) is 2. The Hall–Kier alpha value is -3.23. The molecule has 0 aliphatic carbocycles. The molecule has 9 heteroatoms. The Morgan fingerprint density at radius 2 is 1.97 bits per heavy atom. The minimum absolute atomic E-state index is 0.0205. The van der Waals surface area contributed by atoms with E-state index < -0.39 is 11.4 Å². The molecule has 3 N–H and O–H groups in total. The molecule has 160 valence electrons. The first-order valence-corrected chi connectivity index (χ1v) is 9.62. The summed E-state index contributed by atoms with van der Waals surface area (Å²) >= 11 is 0. The van der Waals surface area contributed by atoms with Gasteiger partial charge in [-0.05, 0) is 58.9 Å². The van der Waals surface area contributed by atoms with Gasteiger partial charge < -0.3 is 11.1 Å². The van der Waals surface area contributed by atoms with Gasteiger partial charge in [0.15, 0.2) is 5.96 Å². The van der Waals surface area contributed by atoms with Gasteiger partial charge in [0.1, 0.15) is 11.5 Å². The van der Waals surface area contributed by atoms with Gasteiger partial charge in [-0.25, -0.2) is 9.38 Å². The lowest BCUT2D eigenvalue weighted by Gasteiger charge is -2.34. The molecular weight excluding hydrogens is 387 g/mol. The smallest absolute Gasteiger partial charge is 0.273 e. The van der Waals surface area contributed by atoms with Crippen LogP contribution < -0.4 is 11.1 Å². The Morgan fingerprint density at radius 3 is 2.57 bits per heavy atom. The number of carbonyl (C=O) groups is 2. The van der Waals surface area contributed by atoms with Crippen molar-refractivity contribution in [2.75, 3.05) is 12.4 Å². The van der Waals surface area contributed by atoms with Crippen molar-refractivity contribution in [1.82, 2.24) is 14.7 Å². The van der Waals surface area contributed by atoms with Crippen molar-refractivity contribution < 1.29 is 14.0 Å². The van der Waals surface area contributed by atoms with Crippen molar-refractivity contribution in [3.8, 4) is 0 Å². The predicted molar refractivity (Wildman–Crippen MR) is 113 cm³/mol. The van der Waals surface area contributed by atoms with E-state index in [2.05, 4.69) is 15.4 Å². The summed E-state index contributed by atoms with van der Waals surface area (Å²) in [4.78, 5) is 30.7. The molecule has 0 spiro atoms. The Bertz CT molecular complexity index is 1050. The minimum atomic E-state index is -1.16. The van der Waals surface area contributed by atoms with Crippen LogP contribution >= 0.6 is 0 Å². The average molecular weight is 414 g/mol. The Kier molecular flexibility index (Phi) is 5.17. The van der Waals surface area contributed by atoms with Crippen LogP contribution in [0.1, 0.15) is 55.9 Å². The summed E-state index contributed by atoms with van der Waals surface area (Å²) in [6.45, 7) is 9.31. The second-order valence-electron chi connectivity index (χ2n) is 8.78. The second kappa shape index (κ2) is 7.23. The number of aromatic nitrogens is 2. The van der Waals surface area contributed by atoms with Crippen molar-refractivity contribution in [2.45, 2.75) is 52.1 Å². The van der Waals surface area contributed by atoms with Crippen LogP contribution in [0.15, 0.2) is 29.3 Å². The number of aliphatic imine (C=N–C) groups is 1. The van der Waals surface area contributed by atoms with E-state index in [1.807, 2.05) is 27.7 Å². The first-order valence-electron chi connectivity index (χ1n) is 9.62. The van der Waals surface area contributed by atoms with Gasteiger partial charge >= 0.3 is 0 Å². The average Bonchev–Trinajstić information content (AvgIpc) is 3.03. The first-order chi connectivity index (χ1) is 13.8. The number of nitrogens with one attached hydrogen (secondary N) is 1. The van der Waals surface area contributed by atoms with Crippen LogP contribution in [-0.2, 0) is 15.9 Å². The molecule has 1 aliphatic heterocycles. The third kappa shape index (κ3) is 3.92. The van der Waals surface area contributed by atoms with E-state index in [-0.39, 0.29) is 35.3 Å². The predicted octanol–water partition coefficient (Wildman–Crippen LogP) is 2.73. The summed E-state index contributed by atoms with van der Waals surface area (Å²) < 4.78 is 16.3. The fourth-order valence-corrected chi connectivity index (χ4v) is 3.45. The molecule has 1 unspecified atom stereocenters. The van der Waals surface area contributed by atoms with E-state index >= 15 is 0 Å². The zero-order valence-electron chi connectivity index (χ0n) is 18.1. The molecule has 2 amide bonds. The number of hydrogen-bond acceptors (Lipinski definition) is 5. The standard InChI is InChI=1S/C21H27FN6O2/c1-12-9-16(28(26-12)20(2,3)4)18(30)24-13-7-8-15(22)14(10-13)21(5)11-17(29)27(6)19(23)25-21/h7-10H,11H2,1-6H3,(H2,23,25)(H,24,30). The van der Waals surface area contributed by atoms with Crippen molar-refractivity contribution in [2.24, 2.45) is 10.7 Å². The molecule has 0 bridgehead atoms. The van der Waals surface area contributed by atoms with E-state index in [0.717, 1.165) is 5.69 Å². The van der Waals surface area contributed by atoms with Gasteiger partial charge in [0.05, 0.1) is 23.2 Å². The van der Waals surface area contributed by atoms with Crippen LogP contribution in [0.5, 0.6) is 0 Å². The highest BCUT2D eigenvalue weighted by Gasteiger charge is 2.38. The lowest BCUT2D eigenvalue weighted by molar-refractivity contribution is -0.128. The van der Waals surface area contributed by atoms with Crippen LogP contribution in [-0.4, -0.2) is 39.5 Å². The molecule has 1 aliphatic rings. The molecule has 1 atom stereocenters. The summed E-state index contributed by atoms with van der Waals surface area (Å²) in [5.74, 6) is -1.13. The number of nitrogens with two attached hydrogens (primary N) is 1. The summed E-state index contributed by atoms with van der Waals surface area (Å²) in [5, 5.41) is 7.20. The molecule has 2 aromatic rings. The maximum absolute atomic E-state index is 14.7. The summed E-state index contributed by atoms with van der Waals surface area (Å²) in [6, 6.07) is 5.91. The third-order valence-electron chi connectivity index (χ3n) is 5.08. The van der Waals surface area contributed by atoms with E-state index in [1.54, 1.807) is 17.7 Å². The fourth-order valence-electron chi connectivity index (χ4n) is 3.45. The topological polar surface area (TPSA) is 106 Å². The number of benzene rings is 1. The number of aryl methyl sites for hydroxylation is 1. The monoisotopic (exact) mass is 414 g/mol. The Labute approximate surface area is 175 Å². The third-order valence-corrected chi connectivity index (χ3v) is 5.08. The van der Waals surface area contributed by atoms with E-state index in [4.69, 9.17) is 5.73 Å². The molecule has 0 radical (unpaired) electrons. The van der Waals surface area contributed by atoms with Gasteiger partial charge in [-0.3, -0.25) is 19.2 Å². The minimum Gasteiger partial charge on any atom is -0.369 e. The molecule has 0 fully saturated rings. The lowest BCUT2D eigenvalue weighted by Crippen LogP contribution is -2.47. The highest BCUT2D eigenvalue weighted by atomic mass is 19.1. The number of nitrogens with zero attached hydrogens (tertiary/aromatic N) is 4. The highest BCUT2D eigenvalue weighted by Crippen LogP contribution is 2.36. The molecule has 0 saturated carbocycles. The summed E-state index contributed by atoms with van der Waals surface area (Å²) in [5.41, 5.74) is 5.98. The van der Waals surface area contributed by atoms with Gasteiger partial charge in [0.2, 0.25) is 5.91 Å². The molecule has 1 aromatic heterocycles. The largest absolute Gasteiger partial charge is 0.369 e. The van der Waals surface area contributed by atoms with E-state index in [9.17, 15) is 14.0 Å². The quantitative estimate of drug-likeness (QED) is 0.805. The van der Waals surface area contributed by atoms with Crippen molar-refractivity contribution >= 4 is 23.5 Å². The molecule has 3 rings (SSSR count). The van der Waals surface area contributed by atoms with Gasteiger partial charge in [0, 0.05) is 18.3 Å². The number of guanidine groups is 1. The highest BCUT2D eigenvalue weighted by molar-refractivity contribution is 6.03. The summed E-state index contributed by atoms with van der Waals surface area (Å²) in [6.07, 6.45) is -0.0332. The molecular formula is C21H27FN6O2. The number of carbonyl (C=O) groups excluding carboxylic acids is 2. The van der Waals surface area contributed by atoms with Crippen LogP contribution in [0.3, 0.4) is 0 Å². The van der Waals surface area contributed by atoms with Gasteiger partial charge in [-0.15, -0.1) is 0 Å². The van der Waals surface area contributed by atoms with Gasteiger partial charge in [-0.1, -0.05) is 0 Å². The number of halogens is 1. The summed E-state index contributed by atoms with van der Waals surface area (Å²) in [7, 11) is 1.52. The lowest BCUT2D eigenvalue weighted by atomic mass is 9.87. The molecule has 0 saturated heterocycles. The Balaban J connectivity index is 1.96. The van der Waals surface area contributed by atoms with Crippen molar-refractivity contribution in [1.29, 1.82) is 0 Å². The molecule has 1 aromatic carbocycles. The zero-order chi connectivity index (χ0) is 22.4.